The number of nitriles is 1. The minimum absolute atomic E-state index is 0.0831. The highest BCUT2D eigenvalue weighted by Gasteiger charge is 2.20. The summed E-state index contributed by atoms with van der Waals surface area (Å²) in [7, 11) is 0. The van der Waals surface area contributed by atoms with E-state index >= 15 is 0 Å². The molecule has 0 radical (unpaired) electrons. The van der Waals surface area contributed by atoms with Crippen molar-refractivity contribution in [2.45, 2.75) is 31.7 Å². The first-order valence-corrected chi connectivity index (χ1v) is 8.11. The molecular weight excluding hydrogens is 294 g/mol. The Hall–Kier alpha value is -2.26. The third-order valence-electron chi connectivity index (χ3n) is 4.28. The van der Waals surface area contributed by atoms with E-state index in [1.807, 2.05) is 12.1 Å². The highest BCUT2D eigenvalue weighted by molar-refractivity contribution is 6.01. The Balaban J connectivity index is 1.67. The number of rotatable bonds is 4. The van der Waals surface area contributed by atoms with Crippen LogP contribution in [0.4, 0.5) is 5.88 Å². The summed E-state index contributed by atoms with van der Waals surface area (Å²) in [6.45, 7) is 2.92. The number of ether oxygens (including phenoxy) is 1. The SMILES string of the molecule is N#C/C(=C/c1ccc(N2CCOCC2)o1)C(=O)NC1CCCC1. The van der Waals surface area contributed by atoms with Gasteiger partial charge < -0.3 is 19.4 Å². The predicted octanol–water partition coefficient (Wildman–Crippen LogP) is 2.08. The van der Waals surface area contributed by atoms with Crippen LogP contribution in [-0.2, 0) is 9.53 Å². The number of carbonyl (C=O) groups is 1. The Labute approximate surface area is 135 Å². The Morgan fingerprint density at radius 1 is 1.30 bits per heavy atom. The molecule has 2 heterocycles. The number of amides is 1. The van der Waals surface area contributed by atoms with Gasteiger partial charge in [0, 0.05) is 31.3 Å². The topological polar surface area (TPSA) is 78.5 Å². The maximum absolute atomic E-state index is 12.2. The standard InChI is InChI=1S/C17H21N3O3/c18-12-13(17(21)19-14-3-1-2-4-14)11-15-5-6-16(23-15)20-7-9-22-10-8-20/h5-6,11,14H,1-4,7-10H2,(H,19,21)/b13-11-. The molecular formula is C17H21N3O3. The van der Waals surface area contributed by atoms with Crippen molar-refractivity contribution in [3.63, 3.8) is 0 Å². The third-order valence-corrected chi connectivity index (χ3v) is 4.28. The molecule has 1 aromatic heterocycles. The molecule has 0 aromatic carbocycles. The Morgan fingerprint density at radius 3 is 2.74 bits per heavy atom. The number of morpholine rings is 1. The van der Waals surface area contributed by atoms with Crippen LogP contribution in [0.2, 0.25) is 0 Å². The summed E-state index contributed by atoms with van der Waals surface area (Å²) in [5.74, 6) is 0.946. The van der Waals surface area contributed by atoms with Crippen LogP contribution in [0.3, 0.4) is 0 Å². The zero-order valence-electron chi connectivity index (χ0n) is 13.1. The van der Waals surface area contributed by atoms with Crippen LogP contribution < -0.4 is 10.2 Å². The molecule has 2 aliphatic rings. The second-order valence-corrected chi connectivity index (χ2v) is 5.90. The van der Waals surface area contributed by atoms with Gasteiger partial charge >= 0.3 is 0 Å². The van der Waals surface area contributed by atoms with E-state index in [9.17, 15) is 10.1 Å². The van der Waals surface area contributed by atoms with E-state index in [4.69, 9.17) is 9.15 Å². The molecule has 1 amide bonds. The first kappa shape index (κ1) is 15.6. The number of nitrogens with zero attached hydrogens (tertiary/aromatic N) is 2. The van der Waals surface area contributed by atoms with E-state index in [2.05, 4.69) is 10.2 Å². The van der Waals surface area contributed by atoms with Crippen LogP contribution in [0.1, 0.15) is 31.4 Å². The monoisotopic (exact) mass is 315 g/mol. The molecule has 1 saturated carbocycles. The molecule has 1 aromatic rings. The Morgan fingerprint density at radius 2 is 2.04 bits per heavy atom. The van der Waals surface area contributed by atoms with E-state index in [0.29, 0.717) is 19.0 Å². The zero-order valence-corrected chi connectivity index (χ0v) is 13.1. The molecule has 122 valence electrons. The van der Waals surface area contributed by atoms with Gasteiger partial charge in [-0.05, 0) is 18.9 Å². The summed E-state index contributed by atoms with van der Waals surface area (Å²) in [6.07, 6.45) is 5.77. The van der Waals surface area contributed by atoms with E-state index < -0.39 is 0 Å². The molecule has 23 heavy (non-hydrogen) atoms. The van der Waals surface area contributed by atoms with Gasteiger partial charge in [-0.25, -0.2) is 0 Å². The third kappa shape index (κ3) is 3.93. The smallest absolute Gasteiger partial charge is 0.262 e. The van der Waals surface area contributed by atoms with Crippen LogP contribution in [0.15, 0.2) is 22.1 Å². The average Bonchev–Trinajstić information content (AvgIpc) is 3.25. The van der Waals surface area contributed by atoms with Crippen molar-refractivity contribution in [3.05, 3.63) is 23.5 Å². The van der Waals surface area contributed by atoms with Crippen molar-refractivity contribution < 1.29 is 13.9 Å². The van der Waals surface area contributed by atoms with Crippen LogP contribution >= 0.6 is 0 Å². The van der Waals surface area contributed by atoms with Crippen LogP contribution in [-0.4, -0.2) is 38.3 Å². The second-order valence-electron chi connectivity index (χ2n) is 5.90. The summed E-state index contributed by atoms with van der Waals surface area (Å²) >= 11 is 0. The Bertz CT molecular complexity index is 617. The van der Waals surface area contributed by atoms with E-state index in [1.54, 1.807) is 6.07 Å². The van der Waals surface area contributed by atoms with Crippen LogP contribution in [0.25, 0.3) is 6.08 Å². The lowest BCUT2D eigenvalue weighted by Crippen LogP contribution is -2.35. The lowest BCUT2D eigenvalue weighted by Gasteiger charge is -2.26. The molecule has 0 atom stereocenters. The minimum atomic E-state index is -0.316. The van der Waals surface area contributed by atoms with Gasteiger partial charge in [-0.3, -0.25) is 4.79 Å². The fourth-order valence-electron chi connectivity index (χ4n) is 3.00. The van der Waals surface area contributed by atoms with Crippen molar-refractivity contribution in [3.8, 4) is 6.07 Å². The van der Waals surface area contributed by atoms with Crippen LogP contribution in [0.5, 0.6) is 0 Å². The molecule has 1 aliphatic carbocycles. The summed E-state index contributed by atoms with van der Waals surface area (Å²) in [5, 5.41) is 12.2. The minimum Gasteiger partial charge on any atom is -0.441 e. The lowest BCUT2D eigenvalue weighted by molar-refractivity contribution is -0.117. The van der Waals surface area contributed by atoms with Crippen LogP contribution in [0, 0.1) is 11.3 Å². The van der Waals surface area contributed by atoms with Gasteiger partial charge in [-0.1, -0.05) is 12.8 Å². The van der Waals surface area contributed by atoms with Gasteiger partial charge in [0.2, 0.25) is 0 Å². The molecule has 1 aliphatic heterocycles. The van der Waals surface area contributed by atoms with Gasteiger partial charge in [0.25, 0.3) is 5.91 Å². The normalized spacial score (nSPS) is 19.6. The maximum Gasteiger partial charge on any atom is 0.262 e. The van der Waals surface area contributed by atoms with E-state index in [0.717, 1.165) is 44.7 Å². The number of hydrogen-bond acceptors (Lipinski definition) is 5. The fourth-order valence-corrected chi connectivity index (χ4v) is 3.00. The maximum atomic E-state index is 12.2. The highest BCUT2D eigenvalue weighted by Crippen LogP contribution is 2.22. The summed E-state index contributed by atoms with van der Waals surface area (Å²) in [5.41, 5.74) is 0.0831. The largest absolute Gasteiger partial charge is 0.441 e. The zero-order chi connectivity index (χ0) is 16.1. The summed E-state index contributed by atoms with van der Waals surface area (Å²) < 4.78 is 11.1. The number of nitrogens with one attached hydrogen (secondary N) is 1. The number of anilines is 1. The van der Waals surface area contributed by atoms with Gasteiger partial charge in [0.15, 0.2) is 5.88 Å². The molecule has 2 fully saturated rings. The van der Waals surface area contributed by atoms with Crippen molar-refractivity contribution in [2.24, 2.45) is 0 Å². The molecule has 6 nitrogen and oxygen atoms in total. The molecule has 0 spiro atoms. The summed E-state index contributed by atoms with van der Waals surface area (Å²) in [6, 6.07) is 5.81. The average molecular weight is 315 g/mol. The van der Waals surface area contributed by atoms with Crippen molar-refractivity contribution in [2.75, 3.05) is 31.2 Å². The molecule has 1 saturated heterocycles. The second kappa shape index (κ2) is 7.34. The predicted molar refractivity (Wildman–Crippen MR) is 85.7 cm³/mol. The fraction of sp³-hybridized carbons (Fsp3) is 0.529. The molecule has 6 heteroatoms. The number of carbonyl (C=O) groups excluding carboxylic acids is 1. The molecule has 3 rings (SSSR count). The number of hydrogen-bond donors (Lipinski definition) is 1. The quantitative estimate of drug-likeness (QED) is 0.680. The van der Waals surface area contributed by atoms with E-state index in [1.165, 1.54) is 6.08 Å². The first-order valence-electron chi connectivity index (χ1n) is 8.11. The molecule has 1 N–H and O–H groups in total. The van der Waals surface area contributed by atoms with Gasteiger partial charge in [0.05, 0.1) is 13.2 Å². The summed E-state index contributed by atoms with van der Waals surface area (Å²) in [4.78, 5) is 14.3. The van der Waals surface area contributed by atoms with Gasteiger partial charge in [-0.2, -0.15) is 5.26 Å². The van der Waals surface area contributed by atoms with Crippen molar-refractivity contribution in [1.29, 1.82) is 5.26 Å². The van der Waals surface area contributed by atoms with Crippen molar-refractivity contribution >= 4 is 17.9 Å². The van der Waals surface area contributed by atoms with E-state index in [-0.39, 0.29) is 17.5 Å². The van der Waals surface area contributed by atoms with Gasteiger partial charge in [-0.15, -0.1) is 0 Å². The Kier molecular flexibility index (Phi) is 4.99. The number of furan rings is 1. The lowest BCUT2D eigenvalue weighted by atomic mass is 10.2. The molecule has 0 unspecified atom stereocenters. The first-order chi connectivity index (χ1) is 11.3. The van der Waals surface area contributed by atoms with Gasteiger partial charge in [0.1, 0.15) is 17.4 Å². The molecule has 0 bridgehead atoms. The van der Waals surface area contributed by atoms with Crippen molar-refractivity contribution in [1.82, 2.24) is 5.32 Å². The highest BCUT2D eigenvalue weighted by atomic mass is 16.5.